The van der Waals surface area contributed by atoms with E-state index in [0.29, 0.717) is 23.2 Å². The number of fused-ring (bicyclic) bond motifs is 1. The fourth-order valence-electron chi connectivity index (χ4n) is 3.13. The zero-order chi connectivity index (χ0) is 18.1. The van der Waals surface area contributed by atoms with Crippen molar-refractivity contribution in [3.8, 4) is 0 Å². The van der Waals surface area contributed by atoms with E-state index in [9.17, 15) is 14.0 Å². The van der Waals surface area contributed by atoms with Gasteiger partial charge >= 0.3 is 0 Å². The predicted octanol–water partition coefficient (Wildman–Crippen LogP) is 3.36. The first kappa shape index (κ1) is 16.7. The van der Waals surface area contributed by atoms with E-state index >= 15 is 0 Å². The van der Waals surface area contributed by atoms with Crippen LogP contribution in [0.3, 0.4) is 0 Å². The van der Waals surface area contributed by atoms with E-state index in [2.05, 4.69) is 10.3 Å². The zero-order valence-electron chi connectivity index (χ0n) is 13.8. The molecule has 26 heavy (non-hydrogen) atoms. The molecule has 1 N–H and O–H groups in total. The molecule has 3 aromatic rings. The Morgan fingerprint density at radius 2 is 2.19 bits per heavy atom. The Hall–Kier alpha value is -2.80. The van der Waals surface area contributed by atoms with E-state index in [1.54, 1.807) is 35.5 Å². The molecule has 0 aliphatic carbocycles. The van der Waals surface area contributed by atoms with Gasteiger partial charge in [0.1, 0.15) is 11.9 Å². The van der Waals surface area contributed by atoms with Crippen molar-refractivity contribution in [1.29, 1.82) is 0 Å². The number of nitrogens with zero attached hydrogens (tertiary/aromatic N) is 2. The van der Waals surface area contributed by atoms with E-state index in [1.165, 1.54) is 23.5 Å². The Balaban J connectivity index is 1.52. The summed E-state index contributed by atoms with van der Waals surface area (Å²) >= 11 is 1.29. The number of amides is 2. The highest BCUT2D eigenvalue weighted by Crippen LogP contribution is 2.27. The summed E-state index contributed by atoms with van der Waals surface area (Å²) in [4.78, 5) is 31.5. The number of benzene rings is 1. The van der Waals surface area contributed by atoms with Crippen LogP contribution in [-0.4, -0.2) is 29.4 Å². The molecule has 1 fully saturated rings. The third-order valence-electron chi connectivity index (χ3n) is 4.40. The quantitative estimate of drug-likeness (QED) is 0.770. The van der Waals surface area contributed by atoms with E-state index in [0.717, 1.165) is 16.8 Å². The number of carbonyl (C=O) groups is 2. The van der Waals surface area contributed by atoms with Crippen LogP contribution in [0.25, 0.3) is 10.1 Å². The van der Waals surface area contributed by atoms with Crippen molar-refractivity contribution < 1.29 is 14.0 Å². The lowest BCUT2D eigenvalue weighted by Gasteiger charge is -2.32. The standard InChI is InChI=1S/C19H16FN3O2S/c20-13-5-6-16-12(9-13)10-17(26-16)18(24)22-15-4-2-8-23(19(15)25)14-3-1-7-21-11-14/h1,3,5-7,9-11,15H,2,4,8H2,(H,22,24). The van der Waals surface area contributed by atoms with Gasteiger partial charge in [0.2, 0.25) is 5.91 Å². The summed E-state index contributed by atoms with van der Waals surface area (Å²) in [5.74, 6) is -0.778. The highest BCUT2D eigenvalue weighted by atomic mass is 32.1. The number of hydrogen-bond donors (Lipinski definition) is 1. The number of anilines is 1. The Labute approximate surface area is 153 Å². The summed E-state index contributed by atoms with van der Waals surface area (Å²) in [7, 11) is 0. The van der Waals surface area contributed by atoms with Gasteiger partial charge in [-0.3, -0.25) is 14.6 Å². The van der Waals surface area contributed by atoms with Gasteiger partial charge in [-0.05, 0) is 54.6 Å². The maximum absolute atomic E-state index is 13.3. The second-order valence-corrected chi connectivity index (χ2v) is 7.25. The average molecular weight is 369 g/mol. The number of halogens is 1. The minimum atomic E-state index is -0.571. The first-order chi connectivity index (χ1) is 12.6. The van der Waals surface area contributed by atoms with Gasteiger partial charge in [-0.15, -0.1) is 11.3 Å². The normalized spacial score (nSPS) is 17.5. The molecule has 7 heteroatoms. The van der Waals surface area contributed by atoms with E-state index in [4.69, 9.17) is 0 Å². The Morgan fingerprint density at radius 1 is 1.31 bits per heavy atom. The van der Waals surface area contributed by atoms with Crippen molar-refractivity contribution in [3.05, 3.63) is 59.5 Å². The van der Waals surface area contributed by atoms with Crippen molar-refractivity contribution in [2.75, 3.05) is 11.4 Å². The largest absolute Gasteiger partial charge is 0.340 e. The molecule has 0 spiro atoms. The molecule has 4 rings (SSSR count). The van der Waals surface area contributed by atoms with Crippen molar-refractivity contribution in [1.82, 2.24) is 10.3 Å². The maximum Gasteiger partial charge on any atom is 0.262 e. The van der Waals surface area contributed by atoms with Crippen molar-refractivity contribution >= 4 is 38.9 Å². The molecule has 1 aliphatic heterocycles. The summed E-state index contributed by atoms with van der Waals surface area (Å²) in [5, 5.41) is 3.51. The first-order valence-electron chi connectivity index (χ1n) is 8.33. The van der Waals surface area contributed by atoms with E-state index < -0.39 is 6.04 Å². The van der Waals surface area contributed by atoms with Crippen LogP contribution in [0.15, 0.2) is 48.8 Å². The minimum Gasteiger partial charge on any atom is -0.340 e. The second kappa shape index (κ2) is 6.84. The molecule has 1 aliphatic rings. The fourth-order valence-corrected chi connectivity index (χ4v) is 4.08. The minimum absolute atomic E-state index is 0.134. The number of piperidine rings is 1. The molecule has 1 unspecified atom stereocenters. The second-order valence-electron chi connectivity index (χ2n) is 6.16. The van der Waals surface area contributed by atoms with Crippen LogP contribution in [0.2, 0.25) is 0 Å². The molecule has 3 heterocycles. The molecule has 132 valence electrons. The molecule has 1 atom stereocenters. The number of rotatable bonds is 3. The number of hydrogen-bond acceptors (Lipinski definition) is 4. The Bertz CT molecular complexity index is 973. The lowest BCUT2D eigenvalue weighted by molar-refractivity contribution is -0.121. The van der Waals surface area contributed by atoms with E-state index in [1.807, 2.05) is 6.07 Å². The summed E-state index contributed by atoms with van der Waals surface area (Å²) in [6.45, 7) is 0.610. The number of carbonyl (C=O) groups excluding carboxylic acids is 2. The van der Waals surface area contributed by atoms with Gasteiger partial charge in [0, 0.05) is 17.4 Å². The van der Waals surface area contributed by atoms with Crippen molar-refractivity contribution in [2.24, 2.45) is 0 Å². The predicted molar refractivity (Wildman–Crippen MR) is 98.9 cm³/mol. The molecule has 0 saturated carbocycles. The van der Waals surface area contributed by atoms with Gasteiger partial charge in [-0.2, -0.15) is 0 Å². The molecule has 0 radical (unpaired) electrons. The first-order valence-corrected chi connectivity index (χ1v) is 9.15. The van der Waals surface area contributed by atoms with Crippen LogP contribution in [0, 0.1) is 5.82 Å². The third-order valence-corrected chi connectivity index (χ3v) is 5.52. The smallest absolute Gasteiger partial charge is 0.262 e. The van der Waals surface area contributed by atoms with Crippen LogP contribution in [-0.2, 0) is 4.79 Å². The van der Waals surface area contributed by atoms with Crippen LogP contribution in [0.5, 0.6) is 0 Å². The molecular formula is C19H16FN3O2S. The molecular weight excluding hydrogens is 353 g/mol. The van der Waals surface area contributed by atoms with Gasteiger partial charge in [0.25, 0.3) is 5.91 Å². The third kappa shape index (κ3) is 3.17. The molecule has 0 bridgehead atoms. The molecule has 1 aromatic carbocycles. The van der Waals surface area contributed by atoms with Gasteiger partial charge < -0.3 is 10.2 Å². The number of pyridine rings is 1. The maximum atomic E-state index is 13.3. The van der Waals surface area contributed by atoms with Gasteiger partial charge in [-0.1, -0.05) is 0 Å². The molecule has 2 amide bonds. The molecule has 1 saturated heterocycles. The number of thiophene rings is 1. The Morgan fingerprint density at radius 3 is 3.00 bits per heavy atom. The van der Waals surface area contributed by atoms with Crippen LogP contribution in [0.4, 0.5) is 10.1 Å². The highest BCUT2D eigenvalue weighted by Gasteiger charge is 2.31. The summed E-state index contributed by atoms with van der Waals surface area (Å²) in [6.07, 6.45) is 4.69. The molecule has 5 nitrogen and oxygen atoms in total. The SMILES string of the molecule is O=C(NC1CCCN(c2cccnc2)C1=O)c1cc2cc(F)ccc2s1. The average Bonchev–Trinajstić information content (AvgIpc) is 3.07. The van der Waals surface area contributed by atoms with E-state index in [-0.39, 0.29) is 17.6 Å². The monoisotopic (exact) mass is 369 g/mol. The summed E-state index contributed by atoms with van der Waals surface area (Å²) in [6, 6.07) is 9.12. The lowest BCUT2D eigenvalue weighted by atomic mass is 10.0. The van der Waals surface area contributed by atoms with Crippen LogP contribution >= 0.6 is 11.3 Å². The number of aromatic nitrogens is 1. The number of nitrogens with one attached hydrogen (secondary N) is 1. The van der Waals surface area contributed by atoms with Gasteiger partial charge in [0.05, 0.1) is 16.8 Å². The van der Waals surface area contributed by atoms with Crippen LogP contribution < -0.4 is 10.2 Å². The van der Waals surface area contributed by atoms with Crippen molar-refractivity contribution in [2.45, 2.75) is 18.9 Å². The molecule has 2 aromatic heterocycles. The highest BCUT2D eigenvalue weighted by molar-refractivity contribution is 7.20. The zero-order valence-corrected chi connectivity index (χ0v) is 14.6. The van der Waals surface area contributed by atoms with Crippen molar-refractivity contribution in [3.63, 3.8) is 0 Å². The topological polar surface area (TPSA) is 62.3 Å². The Kier molecular flexibility index (Phi) is 4.38. The van der Waals surface area contributed by atoms with Gasteiger partial charge in [-0.25, -0.2) is 4.39 Å². The lowest BCUT2D eigenvalue weighted by Crippen LogP contribution is -2.52. The summed E-state index contributed by atoms with van der Waals surface area (Å²) in [5.41, 5.74) is 0.730. The summed E-state index contributed by atoms with van der Waals surface area (Å²) < 4.78 is 14.2. The van der Waals surface area contributed by atoms with Gasteiger partial charge in [0.15, 0.2) is 0 Å². The fraction of sp³-hybridized carbons (Fsp3) is 0.211. The van der Waals surface area contributed by atoms with Crippen LogP contribution in [0.1, 0.15) is 22.5 Å².